The Kier molecular flexibility index (Phi) is 6.29. The molecule has 4 heteroatoms. The zero-order valence-corrected chi connectivity index (χ0v) is 10.1. The Hall–Kier alpha value is -1.39. The van der Waals surface area contributed by atoms with Gasteiger partial charge in [-0.25, -0.2) is 0 Å². The summed E-state index contributed by atoms with van der Waals surface area (Å²) in [6.45, 7) is 2.70. The van der Waals surface area contributed by atoms with Crippen molar-refractivity contribution in [2.75, 3.05) is 13.2 Å². The van der Waals surface area contributed by atoms with Crippen LogP contribution in [0.25, 0.3) is 0 Å². The third-order valence-electron chi connectivity index (χ3n) is 2.28. The maximum absolute atomic E-state index is 10.9. The maximum Gasteiger partial charge on any atom is 0.219 e. The molecule has 0 fully saturated rings. The minimum Gasteiger partial charge on any atom is -0.389 e. The lowest BCUT2D eigenvalue weighted by molar-refractivity contribution is -0.121. The van der Waals surface area contributed by atoms with Gasteiger partial charge in [-0.1, -0.05) is 37.3 Å². The van der Waals surface area contributed by atoms with Crippen molar-refractivity contribution < 1.29 is 14.6 Å². The van der Waals surface area contributed by atoms with Crippen molar-refractivity contribution in [2.45, 2.75) is 26.1 Å². The van der Waals surface area contributed by atoms with Gasteiger partial charge in [-0.15, -0.1) is 0 Å². The summed E-state index contributed by atoms with van der Waals surface area (Å²) in [6, 6.07) is 9.75. The van der Waals surface area contributed by atoms with Crippen LogP contribution in [0.3, 0.4) is 0 Å². The summed E-state index contributed by atoms with van der Waals surface area (Å²) in [5.74, 6) is -0.0629. The van der Waals surface area contributed by atoms with Gasteiger partial charge in [0.2, 0.25) is 5.91 Å². The van der Waals surface area contributed by atoms with Crippen LogP contribution in [0, 0.1) is 0 Å². The molecule has 1 aromatic carbocycles. The van der Waals surface area contributed by atoms with E-state index in [1.165, 1.54) is 0 Å². The number of nitrogens with one attached hydrogen (secondary N) is 1. The van der Waals surface area contributed by atoms with E-state index in [2.05, 4.69) is 5.32 Å². The maximum atomic E-state index is 10.9. The molecule has 94 valence electrons. The Labute approximate surface area is 102 Å². The molecule has 1 aromatic rings. The van der Waals surface area contributed by atoms with Gasteiger partial charge in [0.15, 0.2) is 0 Å². The Balaban J connectivity index is 2.12. The summed E-state index contributed by atoms with van der Waals surface area (Å²) in [4.78, 5) is 10.9. The third-order valence-corrected chi connectivity index (χ3v) is 2.28. The summed E-state index contributed by atoms with van der Waals surface area (Å²) >= 11 is 0. The lowest BCUT2D eigenvalue weighted by Gasteiger charge is -2.12. The van der Waals surface area contributed by atoms with E-state index >= 15 is 0 Å². The van der Waals surface area contributed by atoms with Gasteiger partial charge in [-0.2, -0.15) is 0 Å². The van der Waals surface area contributed by atoms with Crippen LogP contribution in [0.2, 0.25) is 0 Å². The van der Waals surface area contributed by atoms with Gasteiger partial charge in [0, 0.05) is 13.0 Å². The first-order valence-corrected chi connectivity index (χ1v) is 5.78. The normalized spacial score (nSPS) is 12.1. The van der Waals surface area contributed by atoms with E-state index in [0.29, 0.717) is 13.0 Å². The molecule has 0 aliphatic heterocycles. The van der Waals surface area contributed by atoms with Crippen molar-refractivity contribution in [3.05, 3.63) is 35.9 Å². The fourth-order valence-electron chi connectivity index (χ4n) is 1.30. The molecule has 0 saturated heterocycles. The molecule has 17 heavy (non-hydrogen) atoms. The molecule has 0 aromatic heterocycles. The van der Waals surface area contributed by atoms with E-state index in [1.807, 2.05) is 30.3 Å². The molecule has 0 spiro atoms. The second kappa shape index (κ2) is 7.81. The average Bonchev–Trinajstić information content (AvgIpc) is 2.37. The zero-order valence-electron chi connectivity index (χ0n) is 10.1. The Morgan fingerprint density at radius 1 is 1.41 bits per heavy atom. The summed E-state index contributed by atoms with van der Waals surface area (Å²) < 4.78 is 5.35. The Morgan fingerprint density at radius 3 is 2.76 bits per heavy atom. The van der Waals surface area contributed by atoms with Gasteiger partial charge in [-0.05, 0) is 5.56 Å². The highest BCUT2D eigenvalue weighted by Crippen LogP contribution is 2.00. The Morgan fingerprint density at radius 2 is 2.12 bits per heavy atom. The van der Waals surface area contributed by atoms with E-state index in [-0.39, 0.29) is 19.1 Å². The largest absolute Gasteiger partial charge is 0.389 e. The van der Waals surface area contributed by atoms with Gasteiger partial charge in [0.1, 0.15) is 0 Å². The molecule has 1 atom stereocenters. The van der Waals surface area contributed by atoms with Crippen molar-refractivity contribution in [1.29, 1.82) is 0 Å². The molecular weight excluding hydrogens is 218 g/mol. The lowest BCUT2D eigenvalue weighted by Crippen LogP contribution is -2.34. The van der Waals surface area contributed by atoms with Crippen LogP contribution < -0.4 is 5.32 Å². The zero-order chi connectivity index (χ0) is 12.5. The van der Waals surface area contributed by atoms with Crippen molar-refractivity contribution in [3.63, 3.8) is 0 Å². The SMILES string of the molecule is CCC(=O)NC[C@H](O)COCc1ccccc1. The number of amides is 1. The van der Waals surface area contributed by atoms with Crippen molar-refractivity contribution in [1.82, 2.24) is 5.32 Å². The predicted molar refractivity (Wildman–Crippen MR) is 65.4 cm³/mol. The van der Waals surface area contributed by atoms with Gasteiger partial charge in [0.05, 0.1) is 19.3 Å². The first kappa shape index (κ1) is 13.7. The molecule has 0 unspecified atom stereocenters. The van der Waals surface area contributed by atoms with Crippen molar-refractivity contribution in [2.24, 2.45) is 0 Å². The molecule has 1 rings (SSSR count). The van der Waals surface area contributed by atoms with Crippen LogP contribution >= 0.6 is 0 Å². The molecule has 0 aliphatic rings. The van der Waals surface area contributed by atoms with E-state index in [0.717, 1.165) is 5.56 Å². The molecule has 0 bridgehead atoms. The standard InChI is InChI=1S/C13H19NO3/c1-2-13(16)14-8-12(15)10-17-9-11-6-4-3-5-7-11/h3-7,12,15H,2,8-10H2,1H3,(H,14,16)/t12-/m0/s1. The number of carbonyl (C=O) groups is 1. The van der Waals surface area contributed by atoms with Gasteiger partial charge < -0.3 is 15.2 Å². The molecular formula is C13H19NO3. The third kappa shape index (κ3) is 6.04. The molecule has 4 nitrogen and oxygen atoms in total. The predicted octanol–water partition coefficient (Wildman–Crippen LogP) is 1.09. The highest BCUT2D eigenvalue weighted by atomic mass is 16.5. The van der Waals surface area contributed by atoms with Crippen LogP contribution in [0.4, 0.5) is 0 Å². The highest BCUT2D eigenvalue weighted by molar-refractivity contribution is 5.75. The Bertz CT molecular complexity index is 327. The van der Waals surface area contributed by atoms with Gasteiger partial charge >= 0.3 is 0 Å². The lowest BCUT2D eigenvalue weighted by atomic mass is 10.2. The molecule has 1 amide bonds. The number of aliphatic hydroxyl groups is 1. The summed E-state index contributed by atoms with van der Waals surface area (Å²) in [7, 11) is 0. The van der Waals surface area contributed by atoms with Crippen molar-refractivity contribution in [3.8, 4) is 0 Å². The number of aliphatic hydroxyl groups excluding tert-OH is 1. The highest BCUT2D eigenvalue weighted by Gasteiger charge is 2.05. The van der Waals surface area contributed by atoms with Crippen LogP contribution in [-0.2, 0) is 16.1 Å². The topological polar surface area (TPSA) is 58.6 Å². The number of ether oxygens (including phenoxy) is 1. The van der Waals surface area contributed by atoms with Crippen LogP contribution in [0.1, 0.15) is 18.9 Å². The van der Waals surface area contributed by atoms with E-state index < -0.39 is 6.10 Å². The van der Waals surface area contributed by atoms with Gasteiger partial charge in [-0.3, -0.25) is 4.79 Å². The number of carbonyl (C=O) groups excluding carboxylic acids is 1. The molecule has 2 N–H and O–H groups in total. The minimum atomic E-state index is -0.658. The molecule has 0 saturated carbocycles. The number of rotatable bonds is 7. The van der Waals surface area contributed by atoms with E-state index in [1.54, 1.807) is 6.92 Å². The smallest absolute Gasteiger partial charge is 0.219 e. The molecule has 0 heterocycles. The fraction of sp³-hybridized carbons (Fsp3) is 0.462. The second-order valence-electron chi connectivity index (χ2n) is 3.81. The number of benzene rings is 1. The second-order valence-corrected chi connectivity index (χ2v) is 3.81. The number of hydrogen-bond acceptors (Lipinski definition) is 3. The van der Waals surface area contributed by atoms with E-state index in [4.69, 9.17) is 4.74 Å². The summed E-state index contributed by atoms with van der Waals surface area (Å²) in [6.07, 6.45) is -0.230. The number of hydrogen-bond donors (Lipinski definition) is 2. The van der Waals surface area contributed by atoms with Crippen molar-refractivity contribution >= 4 is 5.91 Å². The fourth-order valence-corrected chi connectivity index (χ4v) is 1.30. The molecule has 0 aliphatic carbocycles. The van der Waals surface area contributed by atoms with Gasteiger partial charge in [0.25, 0.3) is 0 Å². The van der Waals surface area contributed by atoms with E-state index in [9.17, 15) is 9.90 Å². The van der Waals surface area contributed by atoms with Crippen LogP contribution in [-0.4, -0.2) is 30.3 Å². The minimum absolute atomic E-state index is 0.0629. The average molecular weight is 237 g/mol. The van der Waals surface area contributed by atoms with Crippen LogP contribution in [0.15, 0.2) is 30.3 Å². The molecule has 0 radical (unpaired) electrons. The van der Waals surface area contributed by atoms with Crippen LogP contribution in [0.5, 0.6) is 0 Å². The summed E-state index contributed by atoms with van der Waals surface area (Å²) in [5.41, 5.74) is 1.07. The first-order chi connectivity index (χ1) is 8.22. The summed E-state index contributed by atoms with van der Waals surface area (Å²) in [5, 5.41) is 12.1. The first-order valence-electron chi connectivity index (χ1n) is 5.78. The monoisotopic (exact) mass is 237 g/mol. The quantitative estimate of drug-likeness (QED) is 0.746.